The van der Waals surface area contributed by atoms with Gasteiger partial charge in [-0.3, -0.25) is 4.98 Å². The van der Waals surface area contributed by atoms with Crippen LogP contribution in [-0.4, -0.2) is 10.1 Å². The lowest BCUT2D eigenvalue weighted by Gasteiger charge is -2.22. The van der Waals surface area contributed by atoms with Gasteiger partial charge in [0.2, 0.25) is 0 Å². The largest absolute Gasteiger partial charge is 0.384 e. The molecule has 0 saturated heterocycles. The van der Waals surface area contributed by atoms with Crippen molar-refractivity contribution in [3.8, 4) is 0 Å². The number of aliphatic hydroxyl groups is 1. The minimum Gasteiger partial charge on any atom is -0.384 e. The second-order valence-corrected chi connectivity index (χ2v) is 5.12. The maximum absolute atomic E-state index is 10.5. The van der Waals surface area contributed by atoms with Crippen molar-refractivity contribution in [3.05, 3.63) is 52.0 Å². The van der Waals surface area contributed by atoms with E-state index in [-0.39, 0.29) is 0 Å². The number of thiophene rings is 1. The molecule has 0 fully saturated rings. The van der Waals surface area contributed by atoms with E-state index < -0.39 is 5.60 Å². The van der Waals surface area contributed by atoms with Gasteiger partial charge >= 0.3 is 0 Å². The highest BCUT2D eigenvalue weighted by Gasteiger charge is 2.26. The first kappa shape index (κ1) is 11.3. The Labute approximate surface area is 99.6 Å². The molecule has 0 saturated carbocycles. The van der Waals surface area contributed by atoms with Gasteiger partial charge in [0, 0.05) is 23.2 Å². The molecule has 0 aromatic carbocycles. The summed E-state index contributed by atoms with van der Waals surface area (Å²) in [4.78, 5) is 5.27. The zero-order valence-corrected chi connectivity index (χ0v) is 10.3. The van der Waals surface area contributed by atoms with Crippen LogP contribution in [0.15, 0.2) is 35.8 Å². The van der Waals surface area contributed by atoms with Crippen LogP contribution >= 0.6 is 11.3 Å². The lowest BCUT2D eigenvalue weighted by Crippen LogP contribution is -2.24. The van der Waals surface area contributed by atoms with Crippen molar-refractivity contribution >= 4 is 11.3 Å². The molecule has 2 aromatic rings. The summed E-state index contributed by atoms with van der Waals surface area (Å²) in [6.45, 7) is 3.87. The van der Waals surface area contributed by atoms with Crippen molar-refractivity contribution in [1.82, 2.24) is 4.98 Å². The van der Waals surface area contributed by atoms with E-state index in [0.717, 1.165) is 16.1 Å². The Kier molecular flexibility index (Phi) is 3.08. The molecule has 2 rings (SSSR count). The molecule has 0 spiro atoms. The predicted octanol–water partition coefficient (Wildman–Crippen LogP) is 2.90. The maximum atomic E-state index is 10.5. The monoisotopic (exact) mass is 233 g/mol. The predicted molar refractivity (Wildman–Crippen MR) is 66.6 cm³/mol. The van der Waals surface area contributed by atoms with E-state index in [4.69, 9.17) is 0 Å². The topological polar surface area (TPSA) is 33.1 Å². The van der Waals surface area contributed by atoms with Crippen LogP contribution in [0.3, 0.4) is 0 Å². The highest BCUT2D eigenvalue weighted by molar-refractivity contribution is 7.10. The van der Waals surface area contributed by atoms with Crippen LogP contribution in [0.1, 0.15) is 23.1 Å². The Balaban J connectivity index is 2.24. The maximum Gasteiger partial charge on any atom is 0.102 e. The number of pyridine rings is 1. The van der Waals surface area contributed by atoms with Crippen LogP contribution in [0.4, 0.5) is 0 Å². The average molecular weight is 233 g/mol. The molecule has 1 atom stereocenters. The number of aryl methyl sites for hydroxylation is 1. The molecule has 0 amide bonds. The highest BCUT2D eigenvalue weighted by Crippen LogP contribution is 2.31. The lowest BCUT2D eigenvalue weighted by molar-refractivity contribution is 0.0599. The van der Waals surface area contributed by atoms with Gasteiger partial charge in [-0.05, 0) is 43.0 Å². The van der Waals surface area contributed by atoms with Crippen molar-refractivity contribution in [2.45, 2.75) is 25.9 Å². The third kappa shape index (κ3) is 2.31. The van der Waals surface area contributed by atoms with E-state index in [2.05, 4.69) is 4.98 Å². The Bertz CT molecular complexity index is 462. The zero-order valence-electron chi connectivity index (χ0n) is 9.47. The van der Waals surface area contributed by atoms with Crippen molar-refractivity contribution in [3.63, 3.8) is 0 Å². The first-order valence-corrected chi connectivity index (χ1v) is 6.14. The summed E-state index contributed by atoms with van der Waals surface area (Å²) in [5, 5.41) is 12.5. The van der Waals surface area contributed by atoms with Gasteiger partial charge < -0.3 is 5.11 Å². The van der Waals surface area contributed by atoms with E-state index in [1.807, 2.05) is 43.5 Å². The van der Waals surface area contributed by atoms with Gasteiger partial charge in [-0.25, -0.2) is 0 Å². The summed E-state index contributed by atoms with van der Waals surface area (Å²) in [6.07, 6.45) is 2.31. The SMILES string of the molecule is Cc1ccsc1C(C)(O)Cc1ccccn1. The van der Waals surface area contributed by atoms with Crippen molar-refractivity contribution in [2.75, 3.05) is 0 Å². The fourth-order valence-electron chi connectivity index (χ4n) is 1.86. The van der Waals surface area contributed by atoms with Gasteiger partial charge in [0.25, 0.3) is 0 Å². The molecule has 0 aliphatic rings. The molecule has 0 aliphatic carbocycles. The Hall–Kier alpha value is -1.19. The average Bonchev–Trinajstić information content (AvgIpc) is 2.66. The first-order chi connectivity index (χ1) is 7.59. The third-order valence-corrected chi connectivity index (χ3v) is 3.87. The van der Waals surface area contributed by atoms with Gasteiger partial charge in [-0.15, -0.1) is 11.3 Å². The molecule has 2 nitrogen and oxygen atoms in total. The number of aromatic nitrogens is 1. The van der Waals surface area contributed by atoms with Crippen molar-refractivity contribution in [1.29, 1.82) is 0 Å². The quantitative estimate of drug-likeness (QED) is 0.884. The number of hydrogen-bond donors (Lipinski definition) is 1. The molecule has 1 unspecified atom stereocenters. The summed E-state index contributed by atoms with van der Waals surface area (Å²) in [5.41, 5.74) is 1.23. The molecule has 1 N–H and O–H groups in total. The molecule has 84 valence electrons. The van der Waals surface area contributed by atoms with E-state index in [9.17, 15) is 5.11 Å². The minimum absolute atomic E-state index is 0.551. The molecular weight excluding hydrogens is 218 g/mol. The van der Waals surface area contributed by atoms with E-state index >= 15 is 0 Å². The fraction of sp³-hybridized carbons (Fsp3) is 0.308. The number of hydrogen-bond acceptors (Lipinski definition) is 3. The lowest BCUT2D eigenvalue weighted by atomic mass is 9.95. The number of rotatable bonds is 3. The minimum atomic E-state index is -0.827. The van der Waals surface area contributed by atoms with Crippen LogP contribution in [-0.2, 0) is 12.0 Å². The van der Waals surface area contributed by atoms with Crippen molar-refractivity contribution < 1.29 is 5.11 Å². The van der Waals surface area contributed by atoms with Gasteiger partial charge in [-0.1, -0.05) is 6.07 Å². The second kappa shape index (κ2) is 4.36. The van der Waals surface area contributed by atoms with Crippen LogP contribution in [0.2, 0.25) is 0 Å². The standard InChI is InChI=1S/C13H15NOS/c1-10-6-8-16-12(10)13(2,15)9-11-5-3-4-7-14-11/h3-8,15H,9H2,1-2H3. The second-order valence-electron chi connectivity index (χ2n) is 4.20. The van der Waals surface area contributed by atoms with Crippen molar-refractivity contribution in [2.24, 2.45) is 0 Å². The summed E-state index contributed by atoms with van der Waals surface area (Å²) < 4.78 is 0. The van der Waals surface area contributed by atoms with E-state index in [1.54, 1.807) is 17.5 Å². The van der Waals surface area contributed by atoms with Crippen LogP contribution in [0.5, 0.6) is 0 Å². The molecule has 2 aromatic heterocycles. The normalized spacial score (nSPS) is 14.7. The first-order valence-electron chi connectivity index (χ1n) is 5.26. The van der Waals surface area contributed by atoms with Gasteiger partial charge in [-0.2, -0.15) is 0 Å². The van der Waals surface area contributed by atoms with Crippen LogP contribution < -0.4 is 0 Å². The fourth-order valence-corrected chi connectivity index (χ4v) is 2.85. The summed E-state index contributed by atoms with van der Waals surface area (Å²) in [7, 11) is 0. The molecular formula is C13H15NOS. The van der Waals surface area contributed by atoms with E-state index in [1.165, 1.54) is 0 Å². The molecule has 3 heteroatoms. The summed E-state index contributed by atoms with van der Waals surface area (Å²) >= 11 is 1.60. The van der Waals surface area contributed by atoms with Gasteiger partial charge in [0.05, 0.1) is 0 Å². The number of nitrogens with zero attached hydrogens (tertiary/aromatic N) is 1. The highest BCUT2D eigenvalue weighted by atomic mass is 32.1. The molecule has 2 heterocycles. The van der Waals surface area contributed by atoms with Crippen LogP contribution in [0.25, 0.3) is 0 Å². The summed E-state index contributed by atoms with van der Waals surface area (Å²) in [6, 6.07) is 7.80. The summed E-state index contributed by atoms with van der Waals surface area (Å²) in [5.74, 6) is 0. The zero-order chi connectivity index (χ0) is 11.6. The van der Waals surface area contributed by atoms with Gasteiger partial charge in [0.15, 0.2) is 0 Å². The Morgan fingerprint density at radius 3 is 2.75 bits per heavy atom. The van der Waals surface area contributed by atoms with Gasteiger partial charge in [0.1, 0.15) is 5.60 Å². The molecule has 0 bridgehead atoms. The third-order valence-electron chi connectivity index (χ3n) is 2.60. The van der Waals surface area contributed by atoms with Crippen LogP contribution in [0, 0.1) is 6.92 Å². The smallest absolute Gasteiger partial charge is 0.102 e. The van der Waals surface area contributed by atoms with E-state index in [0.29, 0.717) is 6.42 Å². The molecule has 16 heavy (non-hydrogen) atoms. The molecule has 0 radical (unpaired) electrons. The molecule has 0 aliphatic heterocycles. The Morgan fingerprint density at radius 1 is 1.38 bits per heavy atom. The Morgan fingerprint density at radius 2 is 2.19 bits per heavy atom.